The van der Waals surface area contributed by atoms with Gasteiger partial charge in [-0.2, -0.15) is 0 Å². The van der Waals surface area contributed by atoms with E-state index < -0.39 is 0 Å². The van der Waals surface area contributed by atoms with Crippen LogP contribution in [0, 0.1) is 5.92 Å². The third-order valence-corrected chi connectivity index (χ3v) is 2.75. The van der Waals surface area contributed by atoms with Gasteiger partial charge in [-0.1, -0.05) is 13.8 Å². The highest BCUT2D eigenvalue weighted by molar-refractivity contribution is 5.68. The third kappa shape index (κ3) is 3.82. The van der Waals surface area contributed by atoms with Gasteiger partial charge in [-0.25, -0.2) is 0 Å². The Labute approximate surface area is 103 Å². The first-order chi connectivity index (χ1) is 8.08. The Kier molecular flexibility index (Phi) is 5.10. The molecule has 0 heterocycles. The molecule has 0 fully saturated rings. The molecule has 0 aromatic heterocycles. The SMILES string of the molecule is COCC(Nc1ccc(OC)cc1N)C(C)C. The highest BCUT2D eigenvalue weighted by atomic mass is 16.5. The minimum atomic E-state index is 0.246. The Morgan fingerprint density at radius 1 is 1.29 bits per heavy atom. The van der Waals surface area contributed by atoms with E-state index in [-0.39, 0.29) is 6.04 Å². The molecular weight excluding hydrogens is 216 g/mol. The summed E-state index contributed by atoms with van der Waals surface area (Å²) in [5.41, 5.74) is 7.56. The van der Waals surface area contributed by atoms with Crippen LogP contribution in [0.5, 0.6) is 5.75 Å². The van der Waals surface area contributed by atoms with E-state index in [4.69, 9.17) is 15.2 Å². The molecule has 4 nitrogen and oxygen atoms in total. The topological polar surface area (TPSA) is 56.5 Å². The van der Waals surface area contributed by atoms with Gasteiger partial charge in [-0.05, 0) is 18.1 Å². The van der Waals surface area contributed by atoms with Gasteiger partial charge >= 0.3 is 0 Å². The zero-order valence-electron chi connectivity index (χ0n) is 11.0. The fraction of sp³-hybridized carbons (Fsp3) is 0.538. The summed E-state index contributed by atoms with van der Waals surface area (Å²) >= 11 is 0. The summed E-state index contributed by atoms with van der Waals surface area (Å²) in [6.45, 7) is 4.95. The molecule has 1 aromatic rings. The summed E-state index contributed by atoms with van der Waals surface area (Å²) in [5.74, 6) is 1.23. The summed E-state index contributed by atoms with van der Waals surface area (Å²) in [5, 5.41) is 3.39. The predicted octanol–water partition coefficient (Wildman–Crippen LogP) is 2.36. The number of benzene rings is 1. The Balaban J connectivity index is 2.78. The second-order valence-electron chi connectivity index (χ2n) is 4.40. The lowest BCUT2D eigenvalue weighted by molar-refractivity contribution is 0.171. The molecule has 1 unspecified atom stereocenters. The van der Waals surface area contributed by atoms with Gasteiger partial charge in [0.05, 0.1) is 31.1 Å². The Morgan fingerprint density at radius 3 is 2.47 bits per heavy atom. The Bertz CT molecular complexity index is 353. The van der Waals surface area contributed by atoms with E-state index in [1.165, 1.54) is 0 Å². The van der Waals surface area contributed by atoms with Crippen LogP contribution in [-0.2, 0) is 4.74 Å². The molecule has 0 saturated heterocycles. The van der Waals surface area contributed by atoms with Gasteiger partial charge in [0.2, 0.25) is 0 Å². The number of anilines is 2. The van der Waals surface area contributed by atoms with Crippen LogP contribution in [0.3, 0.4) is 0 Å². The van der Waals surface area contributed by atoms with Gasteiger partial charge in [0.25, 0.3) is 0 Å². The zero-order chi connectivity index (χ0) is 12.8. The molecule has 1 aromatic carbocycles. The molecule has 3 N–H and O–H groups in total. The van der Waals surface area contributed by atoms with E-state index in [1.807, 2.05) is 18.2 Å². The van der Waals surface area contributed by atoms with E-state index in [9.17, 15) is 0 Å². The largest absolute Gasteiger partial charge is 0.497 e. The quantitative estimate of drug-likeness (QED) is 0.747. The monoisotopic (exact) mass is 238 g/mol. The minimum Gasteiger partial charge on any atom is -0.497 e. The molecule has 0 bridgehead atoms. The summed E-state index contributed by atoms with van der Waals surface area (Å²) in [7, 11) is 3.33. The third-order valence-electron chi connectivity index (χ3n) is 2.75. The van der Waals surface area contributed by atoms with Crippen molar-refractivity contribution in [2.45, 2.75) is 19.9 Å². The molecule has 4 heteroatoms. The average molecular weight is 238 g/mol. The van der Waals surface area contributed by atoms with Gasteiger partial charge in [-0.3, -0.25) is 0 Å². The number of hydrogen-bond acceptors (Lipinski definition) is 4. The van der Waals surface area contributed by atoms with Gasteiger partial charge in [0.1, 0.15) is 5.75 Å². The lowest BCUT2D eigenvalue weighted by Crippen LogP contribution is -2.30. The molecule has 0 saturated carbocycles. The van der Waals surface area contributed by atoms with Crippen LogP contribution < -0.4 is 15.8 Å². The lowest BCUT2D eigenvalue weighted by atomic mass is 10.0. The van der Waals surface area contributed by atoms with Crippen molar-refractivity contribution in [1.82, 2.24) is 0 Å². The van der Waals surface area contributed by atoms with E-state index in [1.54, 1.807) is 14.2 Å². The maximum absolute atomic E-state index is 5.96. The zero-order valence-corrected chi connectivity index (χ0v) is 11.0. The van der Waals surface area contributed by atoms with Crippen LogP contribution in [0.4, 0.5) is 11.4 Å². The van der Waals surface area contributed by atoms with Crippen LogP contribution >= 0.6 is 0 Å². The number of ether oxygens (including phenoxy) is 2. The molecule has 0 aliphatic carbocycles. The van der Waals surface area contributed by atoms with Crippen LogP contribution in [-0.4, -0.2) is 26.9 Å². The first-order valence-electron chi connectivity index (χ1n) is 5.77. The maximum Gasteiger partial charge on any atom is 0.121 e. The van der Waals surface area contributed by atoms with Crippen molar-refractivity contribution in [2.24, 2.45) is 5.92 Å². The molecule has 0 aliphatic heterocycles. The molecule has 0 radical (unpaired) electrons. The number of nitrogens with one attached hydrogen (secondary N) is 1. The van der Waals surface area contributed by atoms with Crippen LogP contribution in [0.1, 0.15) is 13.8 Å². The van der Waals surface area contributed by atoms with E-state index in [0.29, 0.717) is 18.2 Å². The fourth-order valence-corrected chi connectivity index (χ4v) is 1.58. The van der Waals surface area contributed by atoms with Gasteiger partial charge < -0.3 is 20.5 Å². The number of methoxy groups -OCH3 is 2. The van der Waals surface area contributed by atoms with Gasteiger partial charge in [0.15, 0.2) is 0 Å². The normalized spacial score (nSPS) is 12.5. The minimum absolute atomic E-state index is 0.246. The predicted molar refractivity (Wildman–Crippen MR) is 71.5 cm³/mol. The second kappa shape index (κ2) is 6.35. The molecule has 1 rings (SSSR count). The highest BCUT2D eigenvalue weighted by Gasteiger charge is 2.14. The van der Waals surface area contributed by atoms with Crippen molar-refractivity contribution in [3.63, 3.8) is 0 Å². The van der Waals surface area contributed by atoms with Gasteiger partial charge in [0, 0.05) is 13.2 Å². The molecule has 0 spiro atoms. The number of rotatable bonds is 6. The van der Waals surface area contributed by atoms with Crippen molar-refractivity contribution in [3.05, 3.63) is 18.2 Å². The molecule has 17 heavy (non-hydrogen) atoms. The van der Waals surface area contributed by atoms with Crippen molar-refractivity contribution in [1.29, 1.82) is 0 Å². The smallest absolute Gasteiger partial charge is 0.121 e. The van der Waals surface area contributed by atoms with Crippen molar-refractivity contribution >= 4 is 11.4 Å². The second-order valence-corrected chi connectivity index (χ2v) is 4.40. The number of nitrogen functional groups attached to an aromatic ring is 1. The van der Waals surface area contributed by atoms with Crippen molar-refractivity contribution in [3.8, 4) is 5.75 Å². The standard InChI is InChI=1S/C13H22N2O2/c1-9(2)13(8-16-3)15-12-6-5-10(17-4)7-11(12)14/h5-7,9,13,15H,8,14H2,1-4H3. The molecule has 0 aliphatic rings. The molecular formula is C13H22N2O2. The maximum atomic E-state index is 5.96. The van der Waals surface area contributed by atoms with E-state index in [2.05, 4.69) is 19.2 Å². The average Bonchev–Trinajstić information content (AvgIpc) is 2.30. The van der Waals surface area contributed by atoms with Crippen LogP contribution in [0.25, 0.3) is 0 Å². The first-order valence-corrected chi connectivity index (χ1v) is 5.77. The lowest BCUT2D eigenvalue weighted by Gasteiger charge is -2.23. The van der Waals surface area contributed by atoms with Crippen LogP contribution in [0.15, 0.2) is 18.2 Å². The fourth-order valence-electron chi connectivity index (χ4n) is 1.58. The Hall–Kier alpha value is -1.42. The van der Waals surface area contributed by atoms with Crippen molar-refractivity contribution in [2.75, 3.05) is 31.9 Å². The van der Waals surface area contributed by atoms with E-state index in [0.717, 1.165) is 11.4 Å². The summed E-state index contributed by atoms with van der Waals surface area (Å²) < 4.78 is 10.3. The van der Waals surface area contributed by atoms with E-state index >= 15 is 0 Å². The summed E-state index contributed by atoms with van der Waals surface area (Å²) in [6.07, 6.45) is 0. The van der Waals surface area contributed by atoms with Gasteiger partial charge in [-0.15, -0.1) is 0 Å². The summed E-state index contributed by atoms with van der Waals surface area (Å²) in [4.78, 5) is 0. The first kappa shape index (κ1) is 13.6. The number of nitrogens with two attached hydrogens (primary N) is 1. The highest BCUT2D eigenvalue weighted by Crippen LogP contribution is 2.25. The Morgan fingerprint density at radius 2 is 2.00 bits per heavy atom. The molecule has 96 valence electrons. The van der Waals surface area contributed by atoms with Crippen molar-refractivity contribution < 1.29 is 9.47 Å². The van der Waals surface area contributed by atoms with Crippen LogP contribution in [0.2, 0.25) is 0 Å². The summed E-state index contributed by atoms with van der Waals surface area (Å²) in [6, 6.07) is 5.88. The number of hydrogen-bond donors (Lipinski definition) is 2. The molecule has 1 atom stereocenters. The molecule has 0 amide bonds.